The molecule has 0 saturated heterocycles. The van der Waals surface area contributed by atoms with Crippen LogP contribution in [0.5, 0.6) is 0 Å². The van der Waals surface area contributed by atoms with Gasteiger partial charge in [0.1, 0.15) is 31.1 Å². The summed E-state index contributed by atoms with van der Waals surface area (Å²) in [6.45, 7) is 1.16. The van der Waals surface area contributed by atoms with Gasteiger partial charge in [0.2, 0.25) is 0 Å². The maximum absolute atomic E-state index is 11.1. The van der Waals surface area contributed by atoms with Gasteiger partial charge in [0.25, 0.3) is 0 Å². The number of hydroxylamine groups is 3. The van der Waals surface area contributed by atoms with E-state index in [0.717, 1.165) is 11.8 Å². The minimum atomic E-state index is -0.349. The largest absolute Gasteiger partial charge is 0.506 e. The standard InChI is InChI=1S/C19H25N3O5/c23-12-10-22(27,11-13-24)9-1-8-20-15-2-4-16(5-3-15)21-18-7-6-17(25)14-19(18)26/h2-7,14,23-24,27H,1,8-13H2,(H-,20,25,26)/p+1. The summed E-state index contributed by atoms with van der Waals surface area (Å²) in [5.41, 5.74) is 1.86. The Balaban J connectivity index is 1.85. The molecule has 1 aliphatic rings. The van der Waals surface area contributed by atoms with Crippen molar-refractivity contribution in [1.82, 2.24) is 0 Å². The Hall–Kier alpha value is -2.52. The van der Waals surface area contributed by atoms with Gasteiger partial charge in [-0.05, 0) is 36.4 Å². The predicted molar refractivity (Wildman–Crippen MR) is 102 cm³/mol. The highest BCUT2D eigenvalue weighted by Gasteiger charge is 2.23. The molecule has 0 aliphatic heterocycles. The lowest BCUT2D eigenvalue weighted by Gasteiger charge is -2.28. The smallest absolute Gasteiger partial charge is 0.182 e. The molecule has 8 nitrogen and oxygen atoms in total. The first-order chi connectivity index (χ1) is 13.0. The lowest BCUT2D eigenvalue weighted by atomic mass is 10.1. The molecule has 1 aliphatic carbocycles. The lowest BCUT2D eigenvalue weighted by Crippen LogP contribution is -2.49. The summed E-state index contributed by atoms with van der Waals surface area (Å²) in [6, 6.07) is 7.27. The van der Waals surface area contributed by atoms with E-state index in [0.29, 0.717) is 30.9 Å². The van der Waals surface area contributed by atoms with Crippen molar-refractivity contribution in [3.05, 3.63) is 48.3 Å². The van der Waals surface area contributed by atoms with Crippen molar-refractivity contribution in [1.29, 1.82) is 0 Å². The van der Waals surface area contributed by atoms with Crippen LogP contribution in [0.2, 0.25) is 0 Å². The van der Waals surface area contributed by atoms with Crippen LogP contribution in [0, 0.1) is 0 Å². The van der Waals surface area contributed by atoms with Crippen molar-refractivity contribution in [2.75, 3.05) is 44.7 Å². The summed E-state index contributed by atoms with van der Waals surface area (Å²) in [5.74, 6) is -0.421. The molecule has 0 heterocycles. The van der Waals surface area contributed by atoms with E-state index in [1.807, 2.05) is 12.1 Å². The van der Waals surface area contributed by atoms with E-state index in [1.165, 1.54) is 12.2 Å². The molecule has 0 radical (unpaired) electrons. The summed E-state index contributed by atoms with van der Waals surface area (Å²) in [6.07, 6.45) is 4.61. The molecule has 146 valence electrons. The minimum Gasteiger partial charge on any atom is -0.506 e. The molecule has 0 spiro atoms. The van der Waals surface area contributed by atoms with Gasteiger partial charge < -0.3 is 20.6 Å². The molecular weight excluding hydrogens is 350 g/mol. The average Bonchev–Trinajstić information content (AvgIpc) is 2.63. The number of nitrogens with one attached hydrogen (secondary N) is 1. The number of ketones is 1. The Morgan fingerprint density at radius 1 is 1.00 bits per heavy atom. The molecule has 0 aromatic heterocycles. The predicted octanol–water partition coefficient (Wildman–Crippen LogP) is 1.33. The Kier molecular flexibility index (Phi) is 7.68. The van der Waals surface area contributed by atoms with Gasteiger partial charge >= 0.3 is 0 Å². The topological polar surface area (TPSA) is 122 Å². The third kappa shape index (κ3) is 6.61. The number of aliphatic hydroxyl groups excluding tert-OH is 3. The van der Waals surface area contributed by atoms with E-state index >= 15 is 0 Å². The van der Waals surface area contributed by atoms with Crippen molar-refractivity contribution < 1.29 is 30.0 Å². The van der Waals surface area contributed by atoms with E-state index in [-0.39, 0.29) is 42.5 Å². The zero-order valence-electron chi connectivity index (χ0n) is 15.1. The maximum Gasteiger partial charge on any atom is 0.182 e. The van der Waals surface area contributed by atoms with Crippen molar-refractivity contribution in [3.8, 4) is 0 Å². The fourth-order valence-electron chi connectivity index (χ4n) is 2.70. The van der Waals surface area contributed by atoms with Crippen LogP contribution in [0.15, 0.2) is 53.2 Å². The Bertz CT molecular complexity index is 719. The Morgan fingerprint density at radius 2 is 1.67 bits per heavy atom. The number of hydrogen-bond acceptors (Lipinski definition) is 7. The van der Waals surface area contributed by atoms with Crippen LogP contribution in [0.4, 0.5) is 11.4 Å². The normalized spacial score (nSPS) is 15.9. The molecule has 8 heteroatoms. The second kappa shape index (κ2) is 9.98. The molecule has 0 fully saturated rings. The molecule has 0 unspecified atom stereocenters. The highest BCUT2D eigenvalue weighted by molar-refractivity contribution is 6.19. The summed E-state index contributed by atoms with van der Waals surface area (Å²) in [5, 5.41) is 41.3. The Labute approximate surface area is 157 Å². The van der Waals surface area contributed by atoms with Crippen LogP contribution >= 0.6 is 0 Å². The number of benzene rings is 1. The van der Waals surface area contributed by atoms with Gasteiger partial charge in [-0.2, -0.15) is 4.65 Å². The second-order valence-corrected chi connectivity index (χ2v) is 6.30. The Morgan fingerprint density at radius 3 is 2.26 bits per heavy atom. The van der Waals surface area contributed by atoms with E-state index < -0.39 is 0 Å². The third-order valence-corrected chi connectivity index (χ3v) is 4.18. The highest BCUT2D eigenvalue weighted by Crippen LogP contribution is 2.18. The number of anilines is 1. The SMILES string of the molecule is O=C1C=CC(=Nc2ccc(NCCC[N+](O)(CCO)CCO)cc2)C(O)=C1. The summed E-state index contributed by atoms with van der Waals surface area (Å²) < 4.78 is -0.349. The average molecular weight is 376 g/mol. The van der Waals surface area contributed by atoms with Gasteiger partial charge in [-0.25, -0.2) is 10.2 Å². The fourth-order valence-corrected chi connectivity index (χ4v) is 2.70. The lowest BCUT2D eigenvalue weighted by molar-refractivity contribution is -1.10. The number of allylic oxidation sites excluding steroid dienone is 3. The summed E-state index contributed by atoms with van der Waals surface area (Å²) >= 11 is 0. The molecule has 1 aromatic rings. The van der Waals surface area contributed by atoms with Crippen molar-refractivity contribution >= 4 is 22.9 Å². The molecule has 0 saturated carbocycles. The van der Waals surface area contributed by atoms with Gasteiger partial charge in [0.15, 0.2) is 5.78 Å². The first kappa shape index (κ1) is 20.8. The zero-order chi connectivity index (χ0) is 19.7. The monoisotopic (exact) mass is 376 g/mol. The number of carbonyl (C=O) groups excluding carboxylic acids is 1. The van der Waals surface area contributed by atoms with Crippen LogP contribution in [-0.4, -0.2) is 76.1 Å². The summed E-state index contributed by atoms with van der Waals surface area (Å²) in [4.78, 5) is 15.4. The molecular formula is C19H26N3O5+. The second-order valence-electron chi connectivity index (χ2n) is 6.30. The minimum absolute atomic E-state index is 0.137. The molecule has 5 N–H and O–H groups in total. The maximum atomic E-state index is 11.1. The van der Waals surface area contributed by atoms with E-state index in [4.69, 9.17) is 10.2 Å². The van der Waals surface area contributed by atoms with Crippen molar-refractivity contribution in [3.63, 3.8) is 0 Å². The van der Waals surface area contributed by atoms with Gasteiger partial charge in [-0.3, -0.25) is 4.79 Å². The van der Waals surface area contributed by atoms with Crippen LogP contribution in [-0.2, 0) is 4.79 Å². The van der Waals surface area contributed by atoms with Crippen LogP contribution in [0.3, 0.4) is 0 Å². The number of rotatable bonds is 10. The number of hydrogen-bond donors (Lipinski definition) is 5. The van der Waals surface area contributed by atoms with Gasteiger partial charge in [0, 0.05) is 24.7 Å². The molecule has 1 aromatic carbocycles. The molecule has 0 bridgehead atoms. The number of quaternary nitrogens is 1. The van der Waals surface area contributed by atoms with Crippen molar-refractivity contribution in [2.45, 2.75) is 6.42 Å². The number of aliphatic hydroxyl groups is 3. The highest BCUT2D eigenvalue weighted by atomic mass is 16.5. The first-order valence-corrected chi connectivity index (χ1v) is 8.82. The fraction of sp³-hybridized carbons (Fsp3) is 0.368. The van der Waals surface area contributed by atoms with Crippen LogP contribution in [0.1, 0.15) is 6.42 Å². The van der Waals surface area contributed by atoms with Crippen LogP contribution in [0.25, 0.3) is 0 Å². The first-order valence-electron chi connectivity index (χ1n) is 8.82. The van der Waals surface area contributed by atoms with Crippen molar-refractivity contribution in [2.24, 2.45) is 4.99 Å². The van der Waals surface area contributed by atoms with E-state index in [9.17, 15) is 15.1 Å². The third-order valence-electron chi connectivity index (χ3n) is 4.18. The molecule has 0 amide bonds. The van der Waals surface area contributed by atoms with Gasteiger partial charge in [-0.15, -0.1) is 0 Å². The van der Waals surface area contributed by atoms with E-state index in [1.54, 1.807) is 12.1 Å². The number of carbonyl (C=O) groups is 1. The number of aliphatic imine (C=N–C) groups is 1. The quantitative estimate of drug-likeness (QED) is 0.182. The molecule has 27 heavy (non-hydrogen) atoms. The molecule has 0 atom stereocenters. The van der Waals surface area contributed by atoms with Gasteiger partial charge in [0.05, 0.1) is 18.9 Å². The number of nitrogens with zero attached hydrogens (tertiary/aromatic N) is 2. The summed E-state index contributed by atoms with van der Waals surface area (Å²) in [7, 11) is 0. The molecule has 2 rings (SSSR count). The van der Waals surface area contributed by atoms with Gasteiger partial charge in [-0.1, -0.05) is 0 Å². The van der Waals surface area contributed by atoms with Crippen LogP contribution < -0.4 is 5.32 Å². The van der Waals surface area contributed by atoms with E-state index in [2.05, 4.69) is 10.3 Å². The zero-order valence-corrected chi connectivity index (χ0v) is 15.1.